The largest absolute Gasteiger partial charge is 0.456 e. The summed E-state index contributed by atoms with van der Waals surface area (Å²) in [5, 5.41) is 15.6. The third-order valence-corrected chi connectivity index (χ3v) is 8.45. The molecular formula is C38H19N3O2. The van der Waals surface area contributed by atoms with Gasteiger partial charge in [-0.3, -0.25) is 0 Å². The number of nitriles is 1. The van der Waals surface area contributed by atoms with Crippen LogP contribution in [0, 0.1) is 17.9 Å². The zero-order valence-electron chi connectivity index (χ0n) is 22.6. The zero-order chi connectivity index (χ0) is 28.7. The molecule has 3 heterocycles. The molecular weight excluding hydrogens is 530 g/mol. The minimum atomic E-state index is 0.572. The maximum absolute atomic E-state index is 9.57. The fourth-order valence-corrected chi connectivity index (χ4v) is 6.65. The molecule has 0 radical (unpaired) electrons. The van der Waals surface area contributed by atoms with Crippen LogP contribution in [0.4, 0.5) is 5.69 Å². The molecule has 5 nitrogen and oxygen atoms in total. The number of furan rings is 2. The van der Waals surface area contributed by atoms with Gasteiger partial charge in [-0.05, 0) is 66.2 Å². The van der Waals surface area contributed by atoms with E-state index < -0.39 is 0 Å². The summed E-state index contributed by atoms with van der Waals surface area (Å²) in [6.07, 6.45) is 0. The highest BCUT2D eigenvalue weighted by Gasteiger charge is 2.21. The molecule has 0 amide bonds. The van der Waals surface area contributed by atoms with E-state index in [0.717, 1.165) is 71.7 Å². The van der Waals surface area contributed by atoms with E-state index in [-0.39, 0.29) is 0 Å². The molecule has 3 aromatic heterocycles. The van der Waals surface area contributed by atoms with Crippen LogP contribution >= 0.6 is 0 Å². The molecule has 43 heavy (non-hydrogen) atoms. The molecule has 0 aliphatic rings. The number of nitrogens with zero attached hydrogens (tertiary/aromatic N) is 3. The van der Waals surface area contributed by atoms with Crippen LogP contribution in [0.5, 0.6) is 0 Å². The molecule has 9 rings (SSSR count). The summed E-state index contributed by atoms with van der Waals surface area (Å²) in [5.41, 5.74) is 8.97. The Kier molecular flexibility index (Phi) is 4.68. The number of hydrogen-bond acceptors (Lipinski definition) is 3. The van der Waals surface area contributed by atoms with Crippen LogP contribution in [-0.4, -0.2) is 4.57 Å². The van der Waals surface area contributed by atoms with Crippen molar-refractivity contribution >= 4 is 71.4 Å². The highest BCUT2D eigenvalue weighted by molar-refractivity contribution is 6.26. The van der Waals surface area contributed by atoms with Crippen molar-refractivity contribution in [2.75, 3.05) is 0 Å². The van der Waals surface area contributed by atoms with Gasteiger partial charge in [-0.2, -0.15) is 5.26 Å². The number of fused-ring (bicyclic) bond motifs is 10. The molecule has 0 saturated heterocycles. The van der Waals surface area contributed by atoms with E-state index in [4.69, 9.17) is 15.4 Å². The maximum atomic E-state index is 9.57. The second-order valence-corrected chi connectivity index (χ2v) is 10.7. The molecule has 0 unspecified atom stereocenters. The van der Waals surface area contributed by atoms with Crippen molar-refractivity contribution in [1.82, 2.24) is 4.57 Å². The van der Waals surface area contributed by atoms with Crippen molar-refractivity contribution in [3.05, 3.63) is 132 Å². The monoisotopic (exact) mass is 549 g/mol. The molecule has 0 saturated carbocycles. The van der Waals surface area contributed by atoms with E-state index in [2.05, 4.69) is 76.1 Å². The topological polar surface area (TPSA) is 59.4 Å². The van der Waals surface area contributed by atoms with E-state index in [0.29, 0.717) is 11.3 Å². The van der Waals surface area contributed by atoms with Crippen molar-refractivity contribution in [2.45, 2.75) is 0 Å². The second-order valence-electron chi connectivity index (χ2n) is 10.7. The molecule has 0 bridgehead atoms. The molecule has 5 heteroatoms. The van der Waals surface area contributed by atoms with Gasteiger partial charge in [0.1, 0.15) is 22.3 Å². The fourth-order valence-electron chi connectivity index (χ4n) is 6.65. The van der Waals surface area contributed by atoms with Crippen molar-refractivity contribution in [3.63, 3.8) is 0 Å². The Bertz CT molecular complexity index is 2650. The molecule has 0 aliphatic carbocycles. The van der Waals surface area contributed by atoms with E-state index in [1.54, 1.807) is 6.07 Å². The lowest BCUT2D eigenvalue weighted by Gasteiger charge is -2.16. The number of rotatable bonds is 2. The van der Waals surface area contributed by atoms with Crippen LogP contribution in [0.25, 0.3) is 87.3 Å². The summed E-state index contributed by atoms with van der Waals surface area (Å²) < 4.78 is 14.8. The van der Waals surface area contributed by atoms with E-state index in [1.807, 2.05) is 48.5 Å². The average molecular weight is 550 g/mol. The molecule has 9 aromatic rings. The van der Waals surface area contributed by atoms with Crippen molar-refractivity contribution in [2.24, 2.45) is 0 Å². The minimum Gasteiger partial charge on any atom is -0.456 e. The lowest BCUT2D eigenvalue weighted by atomic mass is 9.97. The number of benzene rings is 6. The predicted octanol–water partition coefficient (Wildman–Crippen LogP) is 10.7. The molecule has 0 aliphatic heterocycles. The Morgan fingerprint density at radius 1 is 0.605 bits per heavy atom. The lowest BCUT2D eigenvalue weighted by molar-refractivity contribution is 0.663. The zero-order valence-corrected chi connectivity index (χ0v) is 22.6. The van der Waals surface area contributed by atoms with E-state index in [9.17, 15) is 5.26 Å². The molecule has 0 fully saturated rings. The highest BCUT2D eigenvalue weighted by atomic mass is 16.3. The van der Waals surface area contributed by atoms with Crippen LogP contribution in [0.3, 0.4) is 0 Å². The maximum Gasteiger partial charge on any atom is 0.196 e. The van der Waals surface area contributed by atoms with Crippen LogP contribution in [0.15, 0.2) is 124 Å². The van der Waals surface area contributed by atoms with Crippen molar-refractivity contribution < 1.29 is 8.83 Å². The van der Waals surface area contributed by atoms with Gasteiger partial charge in [-0.15, -0.1) is 0 Å². The predicted molar refractivity (Wildman–Crippen MR) is 172 cm³/mol. The highest BCUT2D eigenvalue weighted by Crippen LogP contribution is 2.44. The second kappa shape index (κ2) is 8.60. The molecule has 6 aromatic carbocycles. The molecule has 198 valence electrons. The van der Waals surface area contributed by atoms with Gasteiger partial charge in [0, 0.05) is 43.6 Å². The van der Waals surface area contributed by atoms with Crippen molar-refractivity contribution in [1.29, 1.82) is 5.26 Å². The van der Waals surface area contributed by atoms with Gasteiger partial charge in [0.25, 0.3) is 0 Å². The Morgan fingerprint density at radius 3 is 1.86 bits per heavy atom. The van der Waals surface area contributed by atoms with Crippen LogP contribution in [0.1, 0.15) is 5.56 Å². The van der Waals surface area contributed by atoms with Gasteiger partial charge in [0.2, 0.25) is 0 Å². The van der Waals surface area contributed by atoms with Crippen LogP contribution in [0.2, 0.25) is 0 Å². The molecule has 0 spiro atoms. The van der Waals surface area contributed by atoms with Crippen LogP contribution in [-0.2, 0) is 0 Å². The van der Waals surface area contributed by atoms with E-state index in [1.165, 1.54) is 10.8 Å². The summed E-state index contributed by atoms with van der Waals surface area (Å²) in [5.74, 6) is 0. The van der Waals surface area contributed by atoms with Gasteiger partial charge in [-0.1, -0.05) is 54.6 Å². The van der Waals surface area contributed by atoms with Crippen LogP contribution < -0.4 is 0 Å². The van der Waals surface area contributed by atoms with Gasteiger partial charge in [0.05, 0.1) is 29.2 Å². The van der Waals surface area contributed by atoms with E-state index >= 15 is 0 Å². The average Bonchev–Trinajstić information content (AvgIpc) is 3.72. The number of aromatic nitrogens is 1. The summed E-state index contributed by atoms with van der Waals surface area (Å²) in [4.78, 5) is 3.98. The molecule has 0 N–H and O–H groups in total. The summed E-state index contributed by atoms with van der Waals surface area (Å²) >= 11 is 0. The van der Waals surface area contributed by atoms with Gasteiger partial charge in [-0.25, -0.2) is 4.85 Å². The Labute approximate surface area is 244 Å². The standard InChI is InChI=1S/C38H19N3O2/c1-40-28-9-6-12-31(41-29-10-4-2-7-24(29)25-8-3-5-11-30(25)41)36(28)23-14-16-33-27(20-23)38-35(43-33)18-17-34-37(38)26-19-22(21-39)13-15-32(26)42-34/h2-20H. The minimum absolute atomic E-state index is 0.572. The number of hydrogen-bond donors (Lipinski definition) is 0. The Morgan fingerprint density at radius 2 is 1.21 bits per heavy atom. The summed E-state index contributed by atoms with van der Waals surface area (Å²) in [6, 6.07) is 40.4. The summed E-state index contributed by atoms with van der Waals surface area (Å²) in [6.45, 7) is 8.12. The first-order valence-electron chi connectivity index (χ1n) is 13.9. The first kappa shape index (κ1) is 23.4. The smallest absolute Gasteiger partial charge is 0.196 e. The normalized spacial score (nSPS) is 11.7. The Balaban J connectivity index is 1.39. The first-order valence-corrected chi connectivity index (χ1v) is 13.9. The van der Waals surface area contributed by atoms with Gasteiger partial charge < -0.3 is 13.4 Å². The summed E-state index contributed by atoms with van der Waals surface area (Å²) in [7, 11) is 0. The van der Waals surface area contributed by atoms with Gasteiger partial charge >= 0.3 is 0 Å². The Hall–Kier alpha value is -6.30. The third kappa shape index (κ3) is 3.19. The quantitative estimate of drug-likeness (QED) is 0.202. The van der Waals surface area contributed by atoms with Gasteiger partial charge in [0.15, 0.2) is 5.69 Å². The third-order valence-electron chi connectivity index (χ3n) is 8.45. The first-order chi connectivity index (χ1) is 21.2. The fraction of sp³-hybridized carbons (Fsp3) is 0. The molecule has 0 atom stereocenters. The number of para-hydroxylation sites is 2. The lowest BCUT2D eigenvalue weighted by Crippen LogP contribution is -1.97. The SMILES string of the molecule is [C-]#[N+]c1cccc(-n2c3ccccc3c3ccccc32)c1-c1ccc2oc3ccc4oc5ccc(C#N)cc5c4c3c2c1. The van der Waals surface area contributed by atoms with Crippen molar-refractivity contribution in [3.8, 4) is 22.9 Å².